The summed E-state index contributed by atoms with van der Waals surface area (Å²) < 4.78 is 13.0. The fourth-order valence-corrected chi connectivity index (χ4v) is 3.94. The van der Waals surface area contributed by atoms with Gasteiger partial charge in [0.25, 0.3) is 0 Å². The Morgan fingerprint density at radius 3 is 2.93 bits per heavy atom. The Morgan fingerprint density at radius 2 is 2.14 bits per heavy atom. The number of halogens is 1. The molecule has 154 valence electrons. The number of carbonyl (C=O) groups excluding carboxylic acids is 1. The zero-order chi connectivity index (χ0) is 20.2. The summed E-state index contributed by atoms with van der Waals surface area (Å²) in [6, 6.07) is 5.56. The number of hydrogen-bond acceptors (Lipinski definition) is 5. The minimum atomic E-state index is -0.271. The molecule has 2 aromatic heterocycles. The van der Waals surface area contributed by atoms with Crippen LogP contribution in [0.3, 0.4) is 0 Å². The predicted molar refractivity (Wildman–Crippen MR) is 110 cm³/mol. The number of hydrogen-bond donors (Lipinski definition) is 2. The molecular weight excluding hydrogens is 394 g/mol. The maximum Gasteiger partial charge on any atom is 0.315 e. The summed E-state index contributed by atoms with van der Waals surface area (Å²) in [5.74, 6) is 1.37. The molecule has 1 aliphatic rings. The minimum absolute atomic E-state index is 0.167. The first-order chi connectivity index (χ1) is 14.2. The number of fused-ring (bicyclic) bond motifs is 1. The highest BCUT2D eigenvalue weighted by molar-refractivity contribution is 6.35. The number of amides is 2. The third kappa shape index (κ3) is 4.38. The van der Waals surface area contributed by atoms with Crippen molar-refractivity contribution in [2.45, 2.75) is 32.9 Å². The Kier molecular flexibility index (Phi) is 6.01. The molecule has 0 radical (unpaired) electrons. The zero-order valence-electron chi connectivity index (χ0n) is 16.3. The van der Waals surface area contributed by atoms with Crippen molar-refractivity contribution in [3.05, 3.63) is 35.3 Å². The highest BCUT2D eigenvalue weighted by atomic mass is 35.5. The lowest BCUT2D eigenvalue weighted by Crippen LogP contribution is -2.34. The van der Waals surface area contributed by atoms with Crippen LogP contribution in [0.5, 0.6) is 0 Å². The number of benzene rings is 1. The summed E-state index contributed by atoms with van der Waals surface area (Å²) in [5.41, 5.74) is 1.84. The van der Waals surface area contributed by atoms with Crippen molar-refractivity contribution < 1.29 is 14.1 Å². The van der Waals surface area contributed by atoms with Crippen LogP contribution in [-0.4, -0.2) is 40.5 Å². The van der Waals surface area contributed by atoms with Crippen molar-refractivity contribution in [1.82, 2.24) is 25.3 Å². The molecule has 2 amide bonds. The molecule has 0 saturated carbocycles. The number of ether oxygens (including phenoxy) is 1. The maximum absolute atomic E-state index is 11.6. The second kappa shape index (κ2) is 8.84. The molecule has 0 atom stereocenters. The van der Waals surface area contributed by atoms with Crippen LogP contribution in [0.1, 0.15) is 25.7 Å². The van der Waals surface area contributed by atoms with E-state index < -0.39 is 0 Å². The van der Waals surface area contributed by atoms with E-state index in [1.807, 2.05) is 31.3 Å². The van der Waals surface area contributed by atoms with Gasteiger partial charge in [0.15, 0.2) is 0 Å². The molecule has 2 N–H and O–H groups in total. The molecule has 0 spiro atoms. The Bertz CT molecular complexity index is 993. The van der Waals surface area contributed by atoms with Crippen LogP contribution in [0.25, 0.3) is 22.3 Å². The van der Waals surface area contributed by atoms with Gasteiger partial charge < -0.3 is 24.5 Å². The summed E-state index contributed by atoms with van der Waals surface area (Å²) in [5, 5.41) is 11.1. The van der Waals surface area contributed by atoms with E-state index in [4.69, 9.17) is 20.9 Å². The first-order valence-corrected chi connectivity index (χ1v) is 10.2. The molecule has 3 aromatic rings. The fourth-order valence-electron chi connectivity index (χ4n) is 3.66. The molecule has 0 aliphatic carbocycles. The first-order valence-electron chi connectivity index (χ1n) is 9.85. The molecule has 9 heteroatoms. The van der Waals surface area contributed by atoms with Gasteiger partial charge in [-0.1, -0.05) is 28.9 Å². The third-order valence-corrected chi connectivity index (χ3v) is 5.40. The standard InChI is InChI=1S/C20H24ClN5O3/c1-2-22-20(27)23-10-17-24-19(25-29-17)15-12-26(11-13-6-8-28-9-7-13)18-14(15)4-3-5-16(18)21/h3-5,12-13H,2,6-11H2,1H3,(H2,22,23,27). The Balaban J connectivity index is 1.60. The maximum atomic E-state index is 11.6. The number of para-hydroxylation sites is 1. The summed E-state index contributed by atoms with van der Waals surface area (Å²) in [4.78, 5) is 16.0. The number of nitrogens with one attached hydrogen (secondary N) is 2. The Morgan fingerprint density at radius 1 is 1.31 bits per heavy atom. The summed E-state index contributed by atoms with van der Waals surface area (Å²) >= 11 is 6.54. The molecular formula is C20H24ClN5O3. The number of rotatable bonds is 6. The van der Waals surface area contributed by atoms with E-state index >= 15 is 0 Å². The number of nitrogens with zero attached hydrogens (tertiary/aromatic N) is 3. The van der Waals surface area contributed by atoms with Crippen LogP contribution in [0.15, 0.2) is 28.9 Å². The smallest absolute Gasteiger partial charge is 0.315 e. The van der Waals surface area contributed by atoms with E-state index in [0.29, 0.717) is 29.2 Å². The van der Waals surface area contributed by atoms with Crippen molar-refractivity contribution in [3.8, 4) is 11.4 Å². The first kappa shape index (κ1) is 19.7. The highest BCUT2D eigenvalue weighted by Gasteiger charge is 2.21. The average molecular weight is 418 g/mol. The quantitative estimate of drug-likeness (QED) is 0.639. The average Bonchev–Trinajstić information content (AvgIpc) is 3.33. The van der Waals surface area contributed by atoms with Gasteiger partial charge in [-0.25, -0.2) is 4.79 Å². The van der Waals surface area contributed by atoms with Crippen molar-refractivity contribution in [2.75, 3.05) is 19.8 Å². The summed E-state index contributed by atoms with van der Waals surface area (Å²) in [6.45, 7) is 5.04. The van der Waals surface area contributed by atoms with Crippen molar-refractivity contribution in [3.63, 3.8) is 0 Å². The van der Waals surface area contributed by atoms with Crippen molar-refractivity contribution in [2.24, 2.45) is 5.92 Å². The molecule has 1 saturated heterocycles. The lowest BCUT2D eigenvalue weighted by molar-refractivity contribution is 0.0616. The van der Waals surface area contributed by atoms with E-state index in [9.17, 15) is 4.79 Å². The molecule has 0 bridgehead atoms. The van der Waals surface area contributed by atoms with E-state index in [1.165, 1.54) is 0 Å². The molecule has 1 aromatic carbocycles. The van der Waals surface area contributed by atoms with E-state index in [0.717, 1.165) is 49.1 Å². The summed E-state index contributed by atoms with van der Waals surface area (Å²) in [7, 11) is 0. The SMILES string of the molecule is CCNC(=O)NCc1nc(-c2cn(CC3CCOCC3)c3c(Cl)cccc23)no1. The van der Waals surface area contributed by atoms with Gasteiger partial charge in [-0.2, -0.15) is 4.98 Å². The molecule has 8 nitrogen and oxygen atoms in total. The van der Waals surface area contributed by atoms with Gasteiger partial charge >= 0.3 is 6.03 Å². The van der Waals surface area contributed by atoms with Gasteiger partial charge in [-0.15, -0.1) is 0 Å². The Labute approximate surface area is 173 Å². The van der Waals surface area contributed by atoms with Gasteiger partial charge in [0, 0.05) is 43.4 Å². The van der Waals surface area contributed by atoms with Crippen LogP contribution in [-0.2, 0) is 17.8 Å². The summed E-state index contributed by atoms with van der Waals surface area (Å²) in [6.07, 6.45) is 4.12. The third-order valence-electron chi connectivity index (χ3n) is 5.09. The topological polar surface area (TPSA) is 94.2 Å². The zero-order valence-corrected chi connectivity index (χ0v) is 17.0. The predicted octanol–water partition coefficient (Wildman–Crippen LogP) is 3.59. The largest absolute Gasteiger partial charge is 0.381 e. The normalized spacial score (nSPS) is 15.0. The monoisotopic (exact) mass is 417 g/mol. The number of aromatic nitrogens is 3. The van der Waals surface area contributed by atoms with E-state index in [-0.39, 0.29) is 12.6 Å². The van der Waals surface area contributed by atoms with Crippen molar-refractivity contribution >= 4 is 28.5 Å². The second-order valence-electron chi connectivity index (χ2n) is 7.11. The van der Waals surface area contributed by atoms with Gasteiger partial charge in [-0.3, -0.25) is 0 Å². The van der Waals surface area contributed by atoms with Gasteiger partial charge in [0.05, 0.1) is 17.1 Å². The van der Waals surface area contributed by atoms with Gasteiger partial charge in [0.2, 0.25) is 11.7 Å². The van der Waals surface area contributed by atoms with E-state index in [2.05, 4.69) is 25.3 Å². The van der Waals surface area contributed by atoms with Crippen LogP contribution in [0.4, 0.5) is 4.79 Å². The number of carbonyl (C=O) groups is 1. The van der Waals surface area contributed by atoms with E-state index in [1.54, 1.807) is 0 Å². The van der Waals surface area contributed by atoms with Crippen molar-refractivity contribution in [1.29, 1.82) is 0 Å². The lowest BCUT2D eigenvalue weighted by atomic mass is 10.0. The second-order valence-corrected chi connectivity index (χ2v) is 7.52. The van der Waals surface area contributed by atoms with Crippen LogP contribution < -0.4 is 10.6 Å². The van der Waals surface area contributed by atoms with Gasteiger partial charge in [-0.05, 0) is 31.7 Å². The Hall–Kier alpha value is -2.58. The lowest BCUT2D eigenvalue weighted by Gasteiger charge is -2.23. The molecule has 3 heterocycles. The number of urea groups is 1. The molecule has 1 fully saturated rings. The van der Waals surface area contributed by atoms with Crippen LogP contribution in [0, 0.1) is 5.92 Å². The van der Waals surface area contributed by atoms with Crippen LogP contribution in [0.2, 0.25) is 5.02 Å². The van der Waals surface area contributed by atoms with Gasteiger partial charge in [0.1, 0.15) is 0 Å². The molecule has 1 aliphatic heterocycles. The fraction of sp³-hybridized carbons (Fsp3) is 0.450. The molecule has 29 heavy (non-hydrogen) atoms. The molecule has 4 rings (SSSR count). The molecule has 0 unspecified atom stereocenters. The highest BCUT2D eigenvalue weighted by Crippen LogP contribution is 2.34. The minimum Gasteiger partial charge on any atom is -0.381 e. The van der Waals surface area contributed by atoms with Crippen LogP contribution >= 0.6 is 11.6 Å².